The third kappa shape index (κ3) is 6.33. The number of guanidine groups is 1. The Hall–Kier alpha value is -0.850. The Morgan fingerprint density at radius 2 is 1.81 bits per heavy atom. The van der Waals surface area contributed by atoms with Crippen LogP contribution in [-0.2, 0) is 4.74 Å². The summed E-state index contributed by atoms with van der Waals surface area (Å²) >= 11 is 0. The molecule has 3 fully saturated rings. The highest BCUT2D eigenvalue weighted by molar-refractivity contribution is 5.80. The molecule has 3 atom stereocenters. The third-order valence-corrected chi connectivity index (χ3v) is 6.20. The molecule has 6 heteroatoms. The average molecular weight is 380 g/mol. The highest BCUT2D eigenvalue weighted by Gasteiger charge is 2.30. The van der Waals surface area contributed by atoms with Crippen LogP contribution < -0.4 is 5.32 Å². The van der Waals surface area contributed by atoms with E-state index in [0.717, 1.165) is 76.7 Å². The Morgan fingerprint density at radius 3 is 2.52 bits per heavy atom. The van der Waals surface area contributed by atoms with E-state index in [4.69, 9.17) is 9.73 Å². The Bertz CT molecular complexity index is 455. The third-order valence-electron chi connectivity index (χ3n) is 6.20. The van der Waals surface area contributed by atoms with Crippen LogP contribution in [0.1, 0.15) is 40.0 Å². The average Bonchev–Trinajstić information content (AvgIpc) is 3.14. The zero-order valence-corrected chi connectivity index (χ0v) is 17.8. The van der Waals surface area contributed by atoms with Crippen molar-refractivity contribution >= 4 is 5.96 Å². The molecular formula is C21H41N5O. The van der Waals surface area contributed by atoms with Crippen LogP contribution >= 0.6 is 0 Å². The molecule has 3 rings (SSSR count). The quantitative estimate of drug-likeness (QED) is 0.432. The van der Waals surface area contributed by atoms with Crippen molar-refractivity contribution in [1.29, 1.82) is 0 Å². The summed E-state index contributed by atoms with van der Waals surface area (Å²) in [5.74, 6) is 2.81. The number of morpholine rings is 1. The van der Waals surface area contributed by atoms with Gasteiger partial charge in [0.1, 0.15) is 0 Å². The van der Waals surface area contributed by atoms with Crippen LogP contribution in [0, 0.1) is 11.8 Å². The first-order valence-corrected chi connectivity index (χ1v) is 11.2. The second-order valence-corrected chi connectivity index (χ2v) is 8.83. The SMILES string of the molecule is CCNC(=NCCCN1CC(C)CC(C)C1)N1CCC(N2CCOCC2)C1. The van der Waals surface area contributed by atoms with Gasteiger partial charge < -0.3 is 19.9 Å². The van der Waals surface area contributed by atoms with Crippen molar-refractivity contribution in [1.82, 2.24) is 20.0 Å². The molecule has 0 bridgehead atoms. The van der Waals surface area contributed by atoms with Gasteiger partial charge in [-0.1, -0.05) is 13.8 Å². The molecule has 0 spiro atoms. The smallest absolute Gasteiger partial charge is 0.193 e. The van der Waals surface area contributed by atoms with Crippen LogP contribution in [0.5, 0.6) is 0 Å². The summed E-state index contributed by atoms with van der Waals surface area (Å²) in [6, 6.07) is 0.661. The van der Waals surface area contributed by atoms with Crippen LogP contribution in [-0.4, -0.2) is 98.8 Å². The molecule has 3 aliphatic rings. The summed E-state index contributed by atoms with van der Waals surface area (Å²) in [5, 5.41) is 3.52. The Morgan fingerprint density at radius 1 is 1.07 bits per heavy atom. The first-order valence-electron chi connectivity index (χ1n) is 11.2. The van der Waals surface area contributed by atoms with Crippen LogP contribution in [0.4, 0.5) is 0 Å². The molecule has 0 saturated carbocycles. The molecule has 0 aromatic rings. The number of rotatable bonds is 6. The van der Waals surface area contributed by atoms with Gasteiger partial charge in [-0.3, -0.25) is 9.89 Å². The molecule has 27 heavy (non-hydrogen) atoms. The van der Waals surface area contributed by atoms with Crippen LogP contribution in [0.25, 0.3) is 0 Å². The van der Waals surface area contributed by atoms with E-state index in [1.54, 1.807) is 0 Å². The van der Waals surface area contributed by atoms with Gasteiger partial charge in [0.2, 0.25) is 0 Å². The van der Waals surface area contributed by atoms with E-state index >= 15 is 0 Å². The maximum atomic E-state index is 5.51. The number of ether oxygens (including phenoxy) is 1. The lowest BCUT2D eigenvalue weighted by Crippen LogP contribution is -2.46. The van der Waals surface area contributed by atoms with Crippen molar-refractivity contribution in [2.24, 2.45) is 16.8 Å². The Balaban J connectivity index is 1.44. The molecule has 0 aromatic carbocycles. The summed E-state index contributed by atoms with van der Waals surface area (Å²) in [7, 11) is 0. The maximum absolute atomic E-state index is 5.51. The molecule has 0 amide bonds. The monoisotopic (exact) mass is 379 g/mol. The molecule has 3 aliphatic heterocycles. The van der Waals surface area contributed by atoms with Crippen molar-refractivity contribution < 1.29 is 4.74 Å². The van der Waals surface area contributed by atoms with Gasteiger partial charge in [0, 0.05) is 58.4 Å². The summed E-state index contributed by atoms with van der Waals surface area (Å²) < 4.78 is 5.51. The van der Waals surface area contributed by atoms with E-state index in [9.17, 15) is 0 Å². The maximum Gasteiger partial charge on any atom is 0.193 e. The van der Waals surface area contributed by atoms with Gasteiger partial charge in [0.15, 0.2) is 5.96 Å². The fourth-order valence-electron chi connectivity index (χ4n) is 5.05. The lowest BCUT2D eigenvalue weighted by atomic mass is 9.92. The first-order chi connectivity index (χ1) is 13.2. The molecule has 156 valence electrons. The minimum Gasteiger partial charge on any atom is -0.379 e. The summed E-state index contributed by atoms with van der Waals surface area (Å²) in [5.41, 5.74) is 0. The van der Waals surface area contributed by atoms with Gasteiger partial charge in [-0.05, 0) is 44.6 Å². The van der Waals surface area contributed by atoms with Crippen molar-refractivity contribution in [2.45, 2.75) is 46.1 Å². The molecule has 3 heterocycles. The highest BCUT2D eigenvalue weighted by atomic mass is 16.5. The summed E-state index contributed by atoms with van der Waals surface area (Å²) in [6.07, 6.45) is 3.79. The number of piperidine rings is 1. The first kappa shape index (κ1) is 20.9. The molecule has 0 aromatic heterocycles. The van der Waals surface area contributed by atoms with E-state index in [1.807, 2.05) is 0 Å². The van der Waals surface area contributed by atoms with E-state index in [2.05, 4.69) is 40.8 Å². The van der Waals surface area contributed by atoms with Crippen LogP contribution in [0.15, 0.2) is 4.99 Å². The zero-order chi connectivity index (χ0) is 19.1. The van der Waals surface area contributed by atoms with Gasteiger partial charge in [0.25, 0.3) is 0 Å². The molecule has 1 N–H and O–H groups in total. The van der Waals surface area contributed by atoms with Gasteiger partial charge >= 0.3 is 0 Å². The van der Waals surface area contributed by atoms with Gasteiger partial charge in [-0.15, -0.1) is 0 Å². The Kier molecular flexibility index (Phi) is 8.22. The fourth-order valence-corrected chi connectivity index (χ4v) is 5.05. The van der Waals surface area contributed by atoms with Crippen molar-refractivity contribution in [2.75, 3.05) is 72.1 Å². The predicted molar refractivity (Wildman–Crippen MR) is 112 cm³/mol. The second kappa shape index (κ2) is 10.6. The lowest BCUT2D eigenvalue weighted by Gasteiger charge is -2.34. The summed E-state index contributed by atoms with van der Waals surface area (Å²) in [6.45, 7) is 18.7. The second-order valence-electron chi connectivity index (χ2n) is 8.83. The molecule has 6 nitrogen and oxygen atoms in total. The lowest BCUT2D eigenvalue weighted by molar-refractivity contribution is 0.0195. The minimum absolute atomic E-state index is 0.661. The Labute approximate surface area is 166 Å². The minimum atomic E-state index is 0.661. The van der Waals surface area contributed by atoms with Crippen LogP contribution in [0.3, 0.4) is 0 Å². The molecule has 3 unspecified atom stereocenters. The largest absolute Gasteiger partial charge is 0.379 e. The van der Waals surface area contributed by atoms with E-state index in [1.165, 1.54) is 32.5 Å². The van der Waals surface area contributed by atoms with Crippen molar-refractivity contribution in [3.8, 4) is 0 Å². The molecule has 3 saturated heterocycles. The number of likely N-dealkylation sites (tertiary alicyclic amines) is 2. The topological polar surface area (TPSA) is 43.3 Å². The number of nitrogens with zero attached hydrogens (tertiary/aromatic N) is 4. The highest BCUT2D eigenvalue weighted by Crippen LogP contribution is 2.21. The number of hydrogen-bond donors (Lipinski definition) is 1. The fraction of sp³-hybridized carbons (Fsp3) is 0.952. The zero-order valence-electron chi connectivity index (χ0n) is 17.8. The number of nitrogens with one attached hydrogen (secondary N) is 1. The van der Waals surface area contributed by atoms with E-state index in [-0.39, 0.29) is 0 Å². The van der Waals surface area contributed by atoms with Gasteiger partial charge in [-0.25, -0.2) is 0 Å². The molecule has 0 aliphatic carbocycles. The number of aliphatic imine (C=N–C) groups is 1. The van der Waals surface area contributed by atoms with Gasteiger partial charge in [-0.2, -0.15) is 0 Å². The molecule has 0 radical (unpaired) electrons. The van der Waals surface area contributed by atoms with Crippen molar-refractivity contribution in [3.05, 3.63) is 0 Å². The van der Waals surface area contributed by atoms with Crippen LogP contribution in [0.2, 0.25) is 0 Å². The van der Waals surface area contributed by atoms with E-state index < -0.39 is 0 Å². The molecular weight excluding hydrogens is 338 g/mol. The van der Waals surface area contributed by atoms with Gasteiger partial charge in [0.05, 0.1) is 13.2 Å². The predicted octanol–water partition coefficient (Wildman–Crippen LogP) is 1.73. The number of hydrogen-bond acceptors (Lipinski definition) is 4. The standard InChI is InChI=1S/C21H41N5O/c1-4-22-21(23-7-5-8-24-15-18(2)14-19(3)16-24)26-9-6-20(17-26)25-10-12-27-13-11-25/h18-20H,4-17H2,1-3H3,(H,22,23). The van der Waals surface area contributed by atoms with E-state index in [0.29, 0.717) is 6.04 Å². The van der Waals surface area contributed by atoms with Crippen molar-refractivity contribution in [3.63, 3.8) is 0 Å². The normalized spacial score (nSPS) is 31.4. The summed E-state index contributed by atoms with van der Waals surface area (Å²) in [4.78, 5) is 12.7.